The normalized spacial score (nSPS) is 27.3. The largest absolute Gasteiger partial charge is 0.461 e. The van der Waals surface area contributed by atoms with E-state index < -0.39 is 0 Å². The van der Waals surface area contributed by atoms with Crippen LogP contribution in [-0.4, -0.2) is 38.9 Å². The molecule has 1 fully saturated rings. The summed E-state index contributed by atoms with van der Waals surface area (Å²) in [5.41, 5.74) is 0. The molecule has 0 spiro atoms. The van der Waals surface area contributed by atoms with Gasteiger partial charge < -0.3 is 14.8 Å². The summed E-state index contributed by atoms with van der Waals surface area (Å²) in [4.78, 5) is 11.2. The molecule has 82 valence electrons. The second-order valence-electron chi connectivity index (χ2n) is 3.67. The molecule has 1 aliphatic carbocycles. The zero-order chi connectivity index (χ0) is 10.4. The Hall–Kier alpha value is -0.610. The standard InChI is InChI=1S/C10H19NO3/c1-11-7-10(12)14-9-5-3-4-8(6-9)13-2/h8-9,11H,3-7H2,1-2H3. The van der Waals surface area contributed by atoms with Gasteiger partial charge in [-0.25, -0.2) is 0 Å². The van der Waals surface area contributed by atoms with Crippen molar-refractivity contribution in [1.82, 2.24) is 5.32 Å². The number of hydrogen-bond donors (Lipinski definition) is 1. The minimum Gasteiger partial charge on any atom is -0.461 e. The van der Waals surface area contributed by atoms with Crippen LogP contribution in [0.1, 0.15) is 25.7 Å². The van der Waals surface area contributed by atoms with Crippen molar-refractivity contribution in [3.05, 3.63) is 0 Å². The number of carbonyl (C=O) groups is 1. The highest BCUT2D eigenvalue weighted by Gasteiger charge is 2.24. The van der Waals surface area contributed by atoms with E-state index in [9.17, 15) is 4.79 Å². The summed E-state index contributed by atoms with van der Waals surface area (Å²) < 4.78 is 10.5. The van der Waals surface area contributed by atoms with Crippen LogP contribution in [0.4, 0.5) is 0 Å². The predicted molar refractivity (Wildman–Crippen MR) is 53.1 cm³/mol. The minimum absolute atomic E-state index is 0.0505. The summed E-state index contributed by atoms with van der Waals surface area (Å²) in [6, 6.07) is 0. The summed E-state index contributed by atoms with van der Waals surface area (Å²) in [6.45, 7) is 0.286. The van der Waals surface area contributed by atoms with Gasteiger partial charge in [-0.2, -0.15) is 0 Å². The van der Waals surface area contributed by atoms with E-state index in [-0.39, 0.29) is 24.7 Å². The Bertz CT molecular complexity index is 184. The van der Waals surface area contributed by atoms with E-state index in [2.05, 4.69) is 5.32 Å². The summed E-state index contributed by atoms with van der Waals surface area (Å²) >= 11 is 0. The maximum absolute atomic E-state index is 11.2. The Morgan fingerprint density at radius 1 is 1.43 bits per heavy atom. The molecule has 0 aromatic carbocycles. The van der Waals surface area contributed by atoms with Crippen molar-refractivity contribution in [2.75, 3.05) is 20.7 Å². The molecule has 1 saturated carbocycles. The van der Waals surface area contributed by atoms with Crippen LogP contribution in [0.3, 0.4) is 0 Å². The number of methoxy groups -OCH3 is 1. The first kappa shape index (κ1) is 11.5. The minimum atomic E-state index is -0.172. The van der Waals surface area contributed by atoms with Gasteiger partial charge in [0.1, 0.15) is 6.10 Å². The lowest BCUT2D eigenvalue weighted by molar-refractivity contribution is -0.151. The van der Waals surface area contributed by atoms with Gasteiger partial charge in [-0.3, -0.25) is 4.79 Å². The number of hydrogen-bond acceptors (Lipinski definition) is 4. The van der Waals surface area contributed by atoms with E-state index >= 15 is 0 Å². The molecule has 1 N–H and O–H groups in total. The zero-order valence-corrected chi connectivity index (χ0v) is 8.91. The molecule has 0 heterocycles. The number of likely N-dealkylation sites (N-methyl/N-ethyl adjacent to an activating group) is 1. The molecule has 2 atom stereocenters. The Morgan fingerprint density at radius 3 is 2.79 bits per heavy atom. The monoisotopic (exact) mass is 201 g/mol. The number of rotatable bonds is 4. The number of ether oxygens (including phenoxy) is 2. The molecular weight excluding hydrogens is 182 g/mol. The van der Waals surface area contributed by atoms with Crippen LogP contribution in [0.2, 0.25) is 0 Å². The third-order valence-electron chi connectivity index (χ3n) is 2.53. The first-order chi connectivity index (χ1) is 6.76. The van der Waals surface area contributed by atoms with Gasteiger partial charge in [0.05, 0.1) is 12.6 Å². The van der Waals surface area contributed by atoms with Crippen LogP contribution in [0.5, 0.6) is 0 Å². The SMILES string of the molecule is CNCC(=O)OC1CCCC(OC)C1. The van der Waals surface area contributed by atoms with Crippen molar-refractivity contribution in [1.29, 1.82) is 0 Å². The van der Waals surface area contributed by atoms with Crippen molar-refractivity contribution in [2.24, 2.45) is 0 Å². The highest BCUT2D eigenvalue weighted by Crippen LogP contribution is 2.22. The molecule has 0 amide bonds. The van der Waals surface area contributed by atoms with Crippen LogP contribution in [-0.2, 0) is 14.3 Å². The number of nitrogens with one attached hydrogen (secondary N) is 1. The van der Waals surface area contributed by atoms with Crippen molar-refractivity contribution >= 4 is 5.97 Å². The van der Waals surface area contributed by atoms with Gasteiger partial charge in [0.25, 0.3) is 0 Å². The first-order valence-electron chi connectivity index (χ1n) is 5.13. The quantitative estimate of drug-likeness (QED) is 0.680. The summed E-state index contributed by atoms with van der Waals surface area (Å²) in [6.07, 6.45) is 4.28. The fourth-order valence-corrected chi connectivity index (χ4v) is 1.80. The average molecular weight is 201 g/mol. The molecule has 0 saturated heterocycles. The summed E-state index contributed by atoms with van der Waals surface area (Å²) in [5, 5.41) is 2.78. The van der Waals surface area contributed by atoms with Gasteiger partial charge in [0, 0.05) is 13.5 Å². The van der Waals surface area contributed by atoms with Crippen molar-refractivity contribution in [2.45, 2.75) is 37.9 Å². The molecule has 0 radical (unpaired) electrons. The molecule has 0 aromatic rings. The Labute approximate surface area is 85.0 Å². The topological polar surface area (TPSA) is 47.6 Å². The lowest BCUT2D eigenvalue weighted by Gasteiger charge is -2.27. The second kappa shape index (κ2) is 5.98. The van der Waals surface area contributed by atoms with Gasteiger partial charge in [0.15, 0.2) is 0 Å². The maximum atomic E-state index is 11.2. The average Bonchev–Trinajstić information content (AvgIpc) is 2.18. The van der Waals surface area contributed by atoms with Gasteiger partial charge in [0.2, 0.25) is 0 Å². The number of carbonyl (C=O) groups excluding carboxylic acids is 1. The fourth-order valence-electron chi connectivity index (χ4n) is 1.80. The fraction of sp³-hybridized carbons (Fsp3) is 0.900. The zero-order valence-electron chi connectivity index (χ0n) is 8.91. The molecular formula is C10H19NO3. The summed E-state index contributed by atoms with van der Waals surface area (Å²) in [7, 11) is 3.45. The molecule has 4 heteroatoms. The molecule has 1 aliphatic rings. The Kier molecular flexibility index (Phi) is 4.90. The molecule has 0 aromatic heterocycles. The smallest absolute Gasteiger partial charge is 0.320 e. The molecule has 14 heavy (non-hydrogen) atoms. The Morgan fingerprint density at radius 2 is 2.14 bits per heavy atom. The van der Waals surface area contributed by atoms with Crippen LogP contribution in [0.25, 0.3) is 0 Å². The van der Waals surface area contributed by atoms with Crippen LogP contribution < -0.4 is 5.32 Å². The summed E-state index contributed by atoms with van der Waals surface area (Å²) in [5.74, 6) is -0.172. The molecule has 1 rings (SSSR count). The van der Waals surface area contributed by atoms with Crippen LogP contribution in [0, 0.1) is 0 Å². The van der Waals surface area contributed by atoms with Gasteiger partial charge in [-0.05, 0) is 26.3 Å². The van der Waals surface area contributed by atoms with Gasteiger partial charge in [-0.15, -0.1) is 0 Å². The lowest BCUT2D eigenvalue weighted by atomic mass is 9.95. The molecule has 0 bridgehead atoms. The van der Waals surface area contributed by atoms with E-state index in [1.54, 1.807) is 14.2 Å². The van der Waals surface area contributed by atoms with Crippen LogP contribution >= 0.6 is 0 Å². The van der Waals surface area contributed by atoms with E-state index in [1.807, 2.05) is 0 Å². The van der Waals surface area contributed by atoms with Gasteiger partial charge >= 0.3 is 5.97 Å². The predicted octanol–water partition coefficient (Wildman–Crippen LogP) is 0.707. The Balaban J connectivity index is 2.26. The van der Waals surface area contributed by atoms with Crippen molar-refractivity contribution in [3.63, 3.8) is 0 Å². The maximum Gasteiger partial charge on any atom is 0.320 e. The first-order valence-corrected chi connectivity index (χ1v) is 5.13. The molecule has 2 unspecified atom stereocenters. The lowest BCUT2D eigenvalue weighted by Crippen LogP contribution is -2.32. The highest BCUT2D eigenvalue weighted by atomic mass is 16.5. The highest BCUT2D eigenvalue weighted by molar-refractivity contribution is 5.71. The van der Waals surface area contributed by atoms with E-state index in [0.717, 1.165) is 25.7 Å². The molecule has 4 nitrogen and oxygen atoms in total. The van der Waals surface area contributed by atoms with Gasteiger partial charge in [-0.1, -0.05) is 0 Å². The van der Waals surface area contributed by atoms with E-state index in [1.165, 1.54) is 0 Å². The third-order valence-corrected chi connectivity index (χ3v) is 2.53. The second-order valence-corrected chi connectivity index (χ2v) is 3.67. The van der Waals surface area contributed by atoms with Crippen molar-refractivity contribution < 1.29 is 14.3 Å². The van der Waals surface area contributed by atoms with E-state index in [4.69, 9.17) is 9.47 Å². The number of esters is 1. The van der Waals surface area contributed by atoms with Crippen molar-refractivity contribution in [3.8, 4) is 0 Å². The third kappa shape index (κ3) is 3.64. The van der Waals surface area contributed by atoms with Crippen LogP contribution in [0.15, 0.2) is 0 Å². The van der Waals surface area contributed by atoms with E-state index in [0.29, 0.717) is 0 Å². The molecule has 0 aliphatic heterocycles.